The lowest BCUT2D eigenvalue weighted by molar-refractivity contribution is -0.137. The van der Waals surface area contributed by atoms with E-state index in [9.17, 15) is 18.0 Å². The van der Waals surface area contributed by atoms with Gasteiger partial charge >= 0.3 is 6.18 Å². The van der Waals surface area contributed by atoms with Crippen LogP contribution >= 0.6 is 12.2 Å². The van der Waals surface area contributed by atoms with Gasteiger partial charge in [0.2, 0.25) is 0 Å². The zero-order chi connectivity index (χ0) is 14.6. The van der Waals surface area contributed by atoms with Gasteiger partial charge in [-0.25, -0.2) is 0 Å². The minimum atomic E-state index is -4.47. The molecule has 0 radical (unpaired) electrons. The van der Waals surface area contributed by atoms with Gasteiger partial charge in [-0.1, -0.05) is 12.2 Å². The first-order chi connectivity index (χ1) is 8.75. The Morgan fingerprint density at radius 1 is 1.47 bits per heavy atom. The summed E-state index contributed by atoms with van der Waals surface area (Å²) in [5.74, 6) is -0.510. The second kappa shape index (κ2) is 5.96. The highest BCUT2D eigenvalue weighted by molar-refractivity contribution is 7.80. The first kappa shape index (κ1) is 15.4. The molecule has 8 heteroatoms. The fourth-order valence-electron chi connectivity index (χ4n) is 1.37. The highest BCUT2D eigenvalue weighted by Gasteiger charge is 2.31. The van der Waals surface area contributed by atoms with E-state index in [0.29, 0.717) is 12.7 Å². The summed E-state index contributed by atoms with van der Waals surface area (Å²) in [5, 5.41) is 0. The molecule has 0 aliphatic heterocycles. The van der Waals surface area contributed by atoms with Crippen LogP contribution in [0.2, 0.25) is 0 Å². The first-order valence-corrected chi connectivity index (χ1v) is 5.77. The molecule has 0 bridgehead atoms. The molecule has 1 aromatic heterocycles. The molecule has 0 aliphatic carbocycles. The number of hydrogen-bond acceptors (Lipinski definition) is 3. The zero-order valence-electron chi connectivity index (χ0n) is 10.1. The monoisotopic (exact) mass is 291 g/mol. The third-order valence-corrected chi connectivity index (χ3v) is 2.45. The van der Waals surface area contributed by atoms with Crippen LogP contribution in [0.4, 0.5) is 13.2 Å². The van der Waals surface area contributed by atoms with E-state index in [-0.39, 0.29) is 17.2 Å². The van der Waals surface area contributed by atoms with Crippen LogP contribution in [0, 0.1) is 0 Å². The van der Waals surface area contributed by atoms with Crippen molar-refractivity contribution in [3.63, 3.8) is 0 Å². The predicted molar refractivity (Wildman–Crippen MR) is 67.6 cm³/mol. The summed E-state index contributed by atoms with van der Waals surface area (Å²) in [7, 11) is 0. The van der Waals surface area contributed by atoms with Crippen molar-refractivity contribution in [1.82, 2.24) is 9.88 Å². The highest BCUT2D eigenvalue weighted by atomic mass is 32.1. The van der Waals surface area contributed by atoms with Gasteiger partial charge in [0.25, 0.3) is 5.91 Å². The van der Waals surface area contributed by atoms with Crippen molar-refractivity contribution in [3.05, 3.63) is 29.6 Å². The molecule has 1 heterocycles. The Balaban J connectivity index is 2.91. The molecule has 0 atom stereocenters. The largest absolute Gasteiger partial charge is 0.417 e. The second-order valence-corrected chi connectivity index (χ2v) is 4.24. The lowest BCUT2D eigenvalue weighted by atomic mass is 10.2. The number of alkyl halides is 3. The highest BCUT2D eigenvalue weighted by Crippen LogP contribution is 2.28. The van der Waals surface area contributed by atoms with E-state index in [1.165, 1.54) is 4.90 Å². The Hall–Kier alpha value is -1.70. The van der Waals surface area contributed by atoms with E-state index in [2.05, 4.69) is 4.98 Å². The number of aromatic nitrogens is 1. The molecule has 1 rings (SSSR count). The van der Waals surface area contributed by atoms with Crippen molar-refractivity contribution in [2.45, 2.75) is 13.1 Å². The first-order valence-electron chi connectivity index (χ1n) is 5.36. The van der Waals surface area contributed by atoms with Gasteiger partial charge in [0.1, 0.15) is 5.69 Å². The van der Waals surface area contributed by atoms with Crippen molar-refractivity contribution in [2.75, 3.05) is 13.1 Å². The predicted octanol–water partition coefficient (Wildman–Crippen LogP) is 1.85. The minimum Gasteiger partial charge on any atom is -0.392 e. The van der Waals surface area contributed by atoms with Crippen LogP contribution in [0.5, 0.6) is 0 Å². The quantitative estimate of drug-likeness (QED) is 0.860. The SMILES string of the molecule is CCN(CC(N)=S)C(=O)c1ccc(C(F)(F)F)cn1. The number of amides is 1. The van der Waals surface area contributed by atoms with E-state index >= 15 is 0 Å². The molecule has 0 saturated carbocycles. The second-order valence-electron chi connectivity index (χ2n) is 3.72. The van der Waals surface area contributed by atoms with E-state index in [0.717, 1.165) is 12.1 Å². The minimum absolute atomic E-state index is 0.0629. The number of thiocarbonyl (C=S) groups is 1. The zero-order valence-corrected chi connectivity index (χ0v) is 10.9. The number of carbonyl (C=O) groups excluding carboxylic acids is 1. The van der Waals surface area contributed by atoms with Gasteiger partial charge in [-0.15, -0.1) is 0 Å². The van der Waals surface area contributed by atoms with E-state index in [4.69, 9.17) is 18.0 Å². The third-order valence-electron chi connectivity index (χ3n) is 2.33. The molecule has 0 spiro atoms. The van der Waals surface area contributed by atoms with Crippen molar-refractivity contribution in [3.8, 4) is 0 Å². The smallest absolute Gasteiger partial charge is 0.392 e. The van der Waals surface area contributed by atoms with Crippen molar-refractivity contribution < 1.29 is 18.0 Å². The molecule has 1 amide bonds. The average molecular weight is 291 g/mol. The van der Waals surface area contributed by atoms with E-state index in [1.54, 1.807) is 6.92 Å². The normalized spacial score (nSPS) is 11.2. The summed E-state index contributed by atoms with van der Waals surface area (Å²) in [4.78, 5) is 16.9. The Morgan fingerprint density at radius 3 is 2.47 bits per heavy atom. The van der Waals surface area contributed by atoms with Gasteiger partial charge < -0.3 is 10.6 Å². The van der Waals surface area contributed by atoms with Gasteiger partial charge in [0.15, 0.2) is 0 Å². The summed E-state index contributed by atoms with van der Waals surface area (Å²) >= 11 is 4.69. The molecular weight excluding hydrogens is 279 g/mol. The molecule has 104 valence electrons. The number of halogens is 3. The summed E-state index contributed by atoms with van der Waals surface area (Å²) in [6.45, 7) is 2.10. The topological polar surface area (TPSA) is 59.2 Å². The maximum Gasteiger partial charge on any atom is 0.417 e. The van der Waals surface area contributed by atoms with Gasteiger partial charge in [0.05, 0.1) is 17.1 Å². The Morgan fingerprint density at radius 2 is 2.11 bits per heavy atom. The van der Waals surface area contributed by atoms with E-state index in [1.807, 2.05) is 0 Å². The van der Waals surface area contributed by atoms with Crippen molar-refractivity contribution >= 4 is 23.1 Å². The molecule has 0 aromatic carbocycles. The van der Waals surface area contributed by atoms with Gasteiger partial charge in [-0.05, 0) is 19.1 Å². The van der Waals surface area contributed by atoms with Crippen LogP contribution in [0.15, 0.2) is 18.3 Å². The van der Waals surface area contributed by atoms with Crippen LogP contribution < -0.4 is 5.73 Å². The van der Waals surface area contributed by atoms with Crippen LogP contribution in [0.3, 0.4) is 0 Å². The molecule has 0 fully saturated rings. The Bertz CT molecular complexity index is 473. The fourth-order valence-corrected chi connectivity index (χ4v) is 1.52. The molecule has 2 N–H and O–H groups in total. The molecule has 1 aromatic rings. The average Bonchev–Trinajstić information content (AvgIpc) is 2.34. The third kappa shape index (κ3) is 4.16. The van der Waals surface area contributed by atoms with Crippen LogP contribution in [0.25, 0.3) is 0 Å². The molecule has 0 aliphatic rings. The lowest BCUT2D eigenvalue weighted by Gasteiger charge is -2.19. The number of rotatable bonds is 4. The number of hydrogen-bond donors (Lipinski definition) is 1. The van der Waals surface area contributed by atoms with Crippen LogP contribution in [-0.2, 0) is 6.18 Å². The van der Waals surface area contributed by atoms with Crippen LogP contribution in [0.1, 0.15) is 23.0 Å². The lowest BCUT2D eigenvalue weighted by Crippen LogP contribution is -2.37. The standard InChI is InChI=1S/C11H12F3N3OS/c1-2-17(6-9(15)19)10(18)8-4-3-7(5-16-8)11(12,13)14/h3-5H,2,6H2,1H3,(H2,15,19). The molecule has 4 nitrogen and oxygen atoms in total. The Labute approximate surface area is 113 Å². The summed E-state index contributed by atoms with van der Waals surface area (Å²) in [5.41, 5.74) is 4.36. The maximum absolute atomic E-state index is 12.3. The molecular formula is C11H12F3N3OS. The number of likely N-dealkylation sites (N-methyl/N-ethyl adjacent to an activating group) is 1. The van der Waals surface area contributed by atoms with Gasteiger partial charge in [-0.3, -0.25) is 9.78 Å². The van der Waals surface area contributed by atoms with Crippen LogP contribution in [-0.4, -0.2) is 33.9 Å². The van der Waals surface area contributed by atoms with Gasteiger partial charge in [-0.2, -0.15) is 13.2 Å². The number of nitrogens with zero attached hydrogens (tertiary/aromatic N) is 2. The molecule has 0 unspecified atom stereocenters. The van der Waals surface area contributed by atoms with Crippen molar-refractivity contribution in [1.29, 1.82) is 0 Å². The fraction of sp³-hybridized carbons (Fsp3) is 0.364. The summed E-state index contributed by atoms with van der Waals surface area (Å²) < 4.78 is 37.0. The molecule has 19 heavy (non-hydrogen) atoms. The number of nitrogens with two attached hydrogens (primary N) is 1. The summed E-state index contributed by atoms with van der Waals surface area (Å²) in [6.07, 6.45) is -3.85. The Kier molecular flexibility index (Phi) is 4.82. The maximum atomic E-state index is 12.3. The number of carbonyl (C=O) groups is 1. The van der Waals surface area contributed by atoms with Crippen molar-refractivity contribution in [2.24, 2.45) is 5.73 Å². The molecule has 0 saturated heterocycles. The van der Waals surface area contributed by atoms with E-state index < -0.39 is 17.6 Å². The van der Waals surface area contributed by atoms with Gasteiger partial charge in [0, 0.05) is 12.7 Å². The number of pyridine rings is 1. The summed E-state index contributed by atoms with van der Waals surface area (Å²) in [6, 6.07) is 1.85.